The van der Waals surface area contributed by atoms with E-state index in [9.17, 15) is 4.79 Å². The van der Waals surface area contributed by atoms with Crippen LogP contribution in [0.5, 0.6) is 0 Å². The second-order valence-electron chi connectivity index (χ2n) is 6.01. The van der Waals surface area contributed by atoms with Crippen molar-refractivity contribution < 1.29 is 4.79 Å². The van der Waals surface area contributed by atoms with E-state index in [4.69, 9.17) is 5.73 Å². The molecular formula is C17H27ClN2O. The van der Waals surface area contributed by atoms with Crippen LogP contribution in [-0.4, -0.2) is 18.5 Å². The van der Waals surface area contributed by atoms with Gasteiger partial charge < -0.3 is 11.1 Å². The molecule has 3 N–H and O–H groups in total. The Hall–Kier alpha value is -1.06. The van der Waals surface area contributed by atoms with Gasteiger partial charge in [-0.1, -0.05) is 25.3 Å². The zero-order valence-electron chi connectivity index (χ0n) is 13.0. The molecule has 0 radical (unpaired) electrons. The first-order valence-corrected chi connectivity index (χ1v) is 7.70. The van der Waals surface area contributed by atoms with Crippen molar-refractivity contribution in [3.05, 3.63) is 34.9 Å². The number of carbonyl (C=O) groups excluding carboxylic acids is 1. The van der Waals surface area contributed by atoms with E-state index in [1.54, 1.807) is 0 Å². The molecule has 0 aliphatic heterocycles. The third-order valence-electron chi connectivity index (χ3n) is 4.56. The summed E-state index contributed by atoms with van der Waals surface area (Å²) in [6.07, 6.45) is 6.23. The van der Waals surface area contributed by atoms with Crippen LogP contribution in [0.1, 0.15) is 53.6 Å². The maximum Gasteiger partial charge on any atom is 0.251 e. The molecule has 0 spiro atoms. The lowest BCUT2D eigenvalue weighted by atomic mass is 9.84. The maximum absolute atomic E-state index is 12.4. The first kappa shape index (κ1) is 18.0. The standard InChI is InChI=1S/C17H26N2O.ClH/c1-12-8-9-15(10-13(12)2)17(20)19-16(11-18)14-6-4-3-5-7-14;/h8-10,14,16H,3-7,11,18H2,1-2H3,(H,19,20);1H. The van der Waals surface area contributed by atoms with E-state index >= 15 is 0 Å². The number of hydrogen-bond donors (Lipinski definition) is 2. The Balaban J connectivity index is 0.00000220. The lowest BCUT2D eigenvalue weighted by Gasteiger charge is -2.30. The molecule has 1 aliphatic rings. The summed E-state index contributed by atoms with van der Waals surface area (Å²) < 4.78 is 0. The number of nitrogens with one attached hydrogen (secondary N) is 1. The number of nitrogens with two attached hydrogens (primary N) is 1. The van der Waals surface area contributed by atoms with Crippen molar-refractivity contribution >= 4 is 18.3 Å². The second-order valence-corrected chi connectivity index (χ2v) is 6.01. The summed E-state index contributed by atoms with van der Waals surface area (Å²) in [5.74, 6) is 0.554. The fraction of sp³-hybridized carbons (Fsp3) is 0.588. The summed E-state index contributed by atoms with van der Waals surface area (Å²) in [6.45, 7) is 4.62. The summed E-state index contributed by atoms with van der Waals surface area (Å²) >= 11 is 0. The van der Waals surface area contributed by atoms with Crippen molar-refractivity contribution in [3.8, 4) is 0 Å². The average molecular weight is 311 g/mol. The quantitative estimate of drug-likeness (QED) is 0.896. The zero-order valence-corrected chi connectivity index (χ0v) is 13.8. The highest BCUT2D eigenvalue weighted by Crippen LogP contribution is 2.26. The first-order valence-electron chi connectivity index (χ1n) is 7.70. The van der Waals surface area contributed by atoms with Gasteiger partial charge >= 0.3 is 0 Å². The van der Waals surface area contributed by atoms with E-state index in [1.165, 1.54) is 37.7 Å². The van der Waals surface area contributed by atoms with E-state index in [2.05, 4.69) is 12.2 Å². The third kappa shape index (κ3) is 4.72. The highest BCUT2D eigenvalue weighted by Gasteiger charge is 2.24. The molecule has 4 heteroatoms. The molecule has 1 amide bonds. The van der Waals surface area contributed by atoms with E-state index in [1.807, 2.05) is 25.1 Å². The molecule has 1 aliphatic carbocycles. The van der Waals surface area contributed by atoms with Gasteiger partial charge in [0.15, 0.2) is 0 Å². The monoisotopic (exact) mass is 310 g/mol. The average Bonchev–Trinajstić information content (AvgIpc) is 2.48. The molecular weight excluding hydrogens is 284 g/mol. The van der Waals surface area contributed by atoms with E-state index in [0.29, 0.717) is 12.5 Å². The van der Waals surface area contributed by atoms with Gasteiger partial charge in [-0.3, -0.25) is 4.79 Å². The van der Waals surface area contributed by atoms with Crippen LogP contribution in [0, 0.1) is 19.8 Å². The summed E-state index contributed by atoms with van der Waals surface area (Å²) in [5.41, 5.74) is 8.97. The van der Waals surface area contributed by atoms with Crippen LogP contribution in [-0.2, 0) is 0 Å². The maximum atomic E-state index is 12.4. The molecule has 1 fully saturated rings. The summed E-state index contributed by atoms with van der Waals surface area (Å²) in [4.78, 5) is 12.4. The van der Waals surface area contributed by atoms with E-state index < -0.39 is 0 Å². The van der Waals surface area contributed by atoms with Gasteiger partial charge in [-0.05, 0) is 55.9 Å². The molecule has 0 heterocycles. The Labute approximate surface area is 134 Å². The molecule has 1 aromatic carbocycles. The summed E-state index contributed by atoms with van der Waals surface area (Å²) in [5, 5.41) is 3.14. The number of amides is 1. The summed E-state index contributed by atoms with van der Waals surface area (Å²) in [6, 6.07) is 5.97. The normalized spacial score (nSPS) is 16.9. The third-order valence-corrected chi connectivity index (χ3v) is 4.56. The number of rotatable bonds is 4. The Kier molecular flexibility index (Phi) is 7.20. The topological polar surface area (TPSA) is 55.1 Å². The number of aryl methyl sites for hydroxylation is 2. The van der Waals surface area contributed by atoms with Gasteiger partial charge in [-0.15, -0.1) is 12.4 Å². The predicted octanol–water partition coefficient (Wildman–Crippen LogP) is 3.36. The molecule has 2 rings (SSSR count). The second kappa shape index (κ2) is 8.40. The molecule has 0 bridgehead atoms. The van der Waals surface area contributed by atoms with Crippen LogP contribution < -0.4 is 11.1 Å². The van der Waals surface area contributed by atoms with Gasteiger partial charge in [-0.2, -0.15) is 0 Å². The molecule has 1 atom stereocenters. The van der Waals surface area contributed by atoms with E-state index in [-0.39, 0.29) is 24.4 Å². The minimum Gasteiger partial charge on any atom is -0.348 e. The van der Waals surface area contributed by atoms with Gasteiger partial charge in [0.25, 0.3) is 5.91 Å². The minimum absolute atomic E-state index is 0. The van der Waals surface area contributed by atoms with Gasteiger partial charge in [0.05, 0.1) is 0 Å². The largest absolute Gasteiger partial charge is 0.348 e. The van der Waals surface area contributed by atoms with Crippen molar-refractivity contribution in [2.24, 2.45) is 11.7 Å². The smallest absolute Gasteiger partial charge is 0.251 e. The minimum atomic E-state index is 0. The lowest BCUT2D eigenvalue weighted by Crippen LogP contribution is -2.45. The molecule has 1 unspecified atom stereocenters. The van der Waals surface area contributed by atoms with Crippen molar-refractivity contribution in [2.45, 2.75) is 52.0 Å². The molecule has 0 aromatic heterocycles. The Morgan fingerprint density at radius 1 is 1.24 bits per heavy atom. The number of benzene rings is 1. The van der Waals surface area contributed by atoms with Crippen molar-refractivity contribution in [3.63, 3.8) is 0 Å². The first-order chi connectivity index (χ1) is 9.61. The van der Waals surface area contributed by atoms with Gasteiger partial charge in [0, 0.05) is 18.2 Å². The highest BCUT2D eigenvalue weighted by molar-refractivity contribution is 5.94. The van der Waals surface area contributed by atoms with Crippen LogP contribution in [0.4, 0.5) is 0 Å². The van der Waals surface area contributed by atoms with Gasteiger partial charge in [0.2, 0.25) is 0 Å². The molecule has 0 saturated heterocycles. The van der Waals surface area contributed by atoms with E-state index in [0.717, 1.165) is 11.1 Å². The van der Waals surface area contributed by atoms with Crippen molar-refractivity contribution in [2.75, 3.05) is 6.54 Å². The van der Waals surface area contributed by atoms with Crippen LogP contribution in [0.3, 0.4) is 0 Å². The Bertz CT molecular complexity index is 470. The van der Waals surface area contributed by atoms with Crippen LogP contribution >= 0.6 is 12.4 Å². The van der Waals surface area contributed by atoms with Gasteiger partial charge in [0.1, 0.15) is 0 Å². The van der Waals surface area contributed by atoms with Gasteiger partial charge in [-0.25, -0.2) is 0 Å². The zero-order chi connectivity index (χ0) is 14.5. The number of hydrogen-bond acceptors (Lipinski definition) is 2. The van der Waals surface area contributed by atoms with Crippen LogP contribution in [0.2, 0.25) is 0 Å². The summed E-state index contributed by atoms with van der Waals surface area (Å²) in [7, 11) is 0. The molecule has 1 saturated carbocycles. The predicted molar refractivity (Wildman–Crippen MR) is 90.0 cm³/mol. The van der Waals surface area contributed by atoms with Crippen LogP contribution in [0.15, 0.2) is 18.2 Å². The molecule has 3 nitrogen and oxygen atoms in total. The van der Waals surface area contributed by atoms with Crippen molar-refractivity contribution in [1.82, 2.24) is 5.32 Å². The van der Waals surface area contributed by atoms with Crippen molar-refractivity contribution in [1.29, 1.82) is 0 Å². The molecule has 118 valence electrons. The fourth-order valence-corrected chi connectivity index (χ4v) is 3.04. The SMILES string of the molecule is Cc1ccc(C(=O)NC(CN)C2CCCCC2)cc1C.Cl. The van der Waals surface area contributed by atoms with Crippen LogP contribution in [0.25, 0.3) is 0 Å². The highest BCUT2D eigenvalue weighted by atomic mass is 35.5. The Morgan fingerprint density at radius 2 is 1.90 bits per heavy atom. The molecule has 21 heavy (non-hydrogen) atoms. The molecule has 1 aromatic rings. The fourth-order valence-electron chi connectivity index (χ4n) is 3.04. The number of halogens is 1. The Morgan fingerprint density at radius 3 is 2.48 bits per heavy atom. The number of carbonyl (C=O) groups is 1. The lowest BCUT2D eigenvalue weighted by molar-refractivity contribution is 0.0915.